The number of nitrogens with zero attached hydrogens (tertiary/aromatic N) is 2. The van der Waals surface area contributed by atoms with Crippen molar-refractivity contribution in [3.05, 3.63) is 158 Å². The lowest BCUT2D eigenvalue weighted by Gasteiger charge is -2.26. The summed E-state index contributed by atoms with van der Waals surface area (Å²) in [6.07, 6.45) is 0. The van der Waals surface area contributed by atoms with Gasteiger partial charge in [0.05, 0.1) is 11.0 Å². The SMILES string of the molecule is c1ccc(N(c2ccc(-n3c4ccccc4c4cc5ccccc5cc43)cc2)c2ccc3c(c2)sc2ccccc23)cc1. The molecule has 0 unspecified atom stereocenters. The highest BCUT2D eigenvalue weighted by molar-refractivity contribution is 7.25. The second-order valence-electron chi connectivity index (χ2n) is 11.0. The van der Waals surface area contributed by atoms with Crippen LogP contribution >= 0.6 is 11.3 Å². The second kappa shape index (κ2) is 9.59. The third-order valence-corrected chi connectivity index (χ3v) is 9.67. The lowest BCUT2D eigenvalue weighted by molar-refractivity contribution is 1.17. The van der Waals surface area contributed by atoms with Crippen molar-refractivity contribution in [2.45, 2.75) is 0 Å². The van der Waals surface area contributed by atoms with Gasteiger partial charge in [0.1, 0.15) is 0 Å². The van der Waals surface area contributed by atoms with E-state index in [-0.39, 0.29) is 0 Å². The first-order valence-electron chi connectivity index (χ1n) is 14.6. The van der Waals surface area contributed by atoms with E-state index in [1.807, 2.05) is 11.3 Å². The number of thiophene rings is 1. The van der Waals surface area contributed by atoms with E-state index in [1.165, 1.54) is 52.8 Å². The highest BCUT2D eigenvalue weighted by atomic mass is 32.1. The number of para-hydroxylation sites is 2. The molecular weight excluding hydrogens is 541 g/mol. The van der Waals surface area contributed by atoms with E-state index in [1.54, 1.807) is 0 Å². The fraction of sp³-hybridized carbons (Fsp3) is 0. The summed E-state index contributed by atoms with van der Waals surface area (Å²) in [6, 6.07) is 57.2. The molecular formula is C40H26N2S. The standard InChI is InChI=1S/C40H26N2S/c1-2-12-29(13-3-1)41(32-22-23-35-34-15-7-9-17-39(34)43-40(35)26-32)30-18-20-31(21-19-30)42-37-16-8-6-14-33(37)36-24-27-10-4-5-11-28(27)25-38(36)42/h1-26H. The Labute approximate surface area is 253 Å². The van der Waals surface area contributed by atoms with Crippen molar-refractivity contribution < 1.29 is 0 Å². The summed E-state index contributed by atoms with van der Waals surface area (Å²) in [5.41, 5.74) is 7.01. The summed E-state index contributed by atoms with van der Waals surface area (Å²) in [6.45, 7) is 0. The highest BCUT2D eigenvalue weighted by Crippen LogP contribution is 2.41. The molecule has 0 radical (unpaired) electrons. The molecule has 0 fully saturated rings. The molecule has 2 nitrogen and oxygen atoms in total. The molecule has 2 heterocycles. The van der Waals surface area contributed by atoms with Crippen LogP contribution in [0.2, 0.25) is 0 Å². The molecule has 3 heteroatoms. The first-order chi connectivity index (χ1) is 21.3. The minimum absolute atomic E-state index is 1.13. The van der Waals surface area contributed by atoms with Gasteiger partial charge in [-0.1, -0.05) is 84.9 Å². The topological polar surface area (TPSA) is 8.17 Å². The molecule has 0 aliphatic rings. The van der Waals surface area contributed by atoms with E-state index in [4.69, 9.17) is 0 Å². The summed E-state index contributed by atoms with van der Waals surface area (Å²) in [5, 5.41) is 7.70. The maximum atomic E-state index is 2.40. The third-order valence-electron chi connectivity index (χ3n) is 8.54. The monoisotopic (exact) mass is 566 g/mol. The highest BCUT2D eigenvalue weighted by Gasteiger charge is 2.17. The summed E-state index contributed by atoms with van der Waals surface area (Å²) in [5.74, 6) is 0. The zero-order valence-electron chi connectivity index (χ0n) is 23.3. The molecule has 0 amide bonds. The Morgan fingerprint density at radius 2 is 1.02 bits per heavy atom. The van der Waals surface area contributed by atoms with Crippen molar-refractivity contribution in [1.82, 2.24) is 4.57 Å². The summed E-state index contributed by atoms with van der Waals surface area (Å²) >= 11 is 1.86. The Bertz CT molecular complexity index is 2450. The first kappa shape index (κ1) is 24.2. The molecule has 2 aromatic heterocycles. The molecule has 0 aliphatic heterocycles. The zero-order valence-corrected chi connectivity index (χ0v) is 24.1. The van der Waals surface area contributed by atoms with Crippen LogP contribution in [-0.4, -0.2) is 4.57 Å². The van der Waals surface area contributed by atoms with E-state index in [0.717, 1.165) is 22.7 Å². The summed E-state index contributed by atoms with van der Waals surface area (Å²) in [7, 11) is 0. The van der Waals surface area contributed by atoms with Gasteiger partial charge in [-0.15, -0.1) is 11.3 Å². The van der Waals surface area contributed by atoms with Gasteiger partial charge in [0.25, 0.3) is 0 Å². The molecule has 0 N–H and O–H groups in total. The molecule has 9 rings (SSSR count). The number of rotatable bonds is 4. The third kappa shape index (κ3) is 3.86. The Morgan fingerprint density at radius 1 is 0.395 bits per heavy atom. The number of fused-ring (bicyclic) bond motifs is 7. The smallest absolute Gasteiger partial charge is 0.0547 e. The van der Waals surface area contributed by atoms with Crippen molar-refractivity contribution in [2.75, 3.05) is 4.90 Å². The number of benzene rings is 7. The maximum absolute atomic E-state index is 2.40. The van der Waals surface area contributed by atoms with E-state index in [0.29, 0.717) is 0 Å². The van der Waals surface area contributed by atoms with Gasteiger partial charge >= 0.3 is 0 Å². The zero-order chi connectivity index (χ0) is 28.3. The first-order valence-corrected chi connectivity index (χ1v) is 15.4. The lowest BCUT2D eigenvalue weighted by Crippen LogP contribution is -2.09. The van der Waals surface area contributed by atoms with E-state index in [2.05, 4.69) is 167 Å². The van der Waals surface area contributed by atoms with Crippen LogP contribution in [-0.2, 0) is 0 Å². The molecule has 0 aliphatic carbocycles. The van der Waals surface area contributed by atoms with Gasteiger partial charge in [0.15, 0.2) is 0 Å². The predicted octanol–water partition coefficient (Wildman–Crippen LogP) is 11.8. The van der Waals surface area contributed by atoms with Crippen LogP contribution in [0.3, 0.4) is 0 Å². The Hall–Kier alpha value is -5.38. The van der Waals surface area contributed by atoms with Gasteiger partial charge in [-0.2, -0.15) is 0 Å². The van der Waals surface area contributed by atoms with Gasteiger partial charge in [0, 0.05) is 53.7 Å². The Morgan fingerprint density at radius 3 is 1.86 bits per heavy atom. The van der Waals surface area contributed by atoms with Gasteiger partial charge in [-0.3, -0.25) is 0 Å². The molecule has 0 bridgehead atoms. The largest absolute Gasteiger partial charge is 0.310 e. The quantitative estimate of drug-likeness (QED) is 0.206. The molecule has 9 aromatic rings. The minimum Gasteiger partial charge on any atom is -0.310 e. The van der Waals surface area contributed by atoms with Crippen LogP contribution in [0.25, 0.3) is 58.4 Å². The van der Waals surface area contributed by atoms with Gasteiger partial charge in [0.2, 0.25) is 0 Å². The van der Waals surface area contributed by atoms with Gasteiger partial charge in [-0.25, -0.2) is 0 Å². The number of hydrogen-bond acceptors (Lipinski definition) is 2. The Kier molecular flexibility index (Phi) is 5.40. The molecule has 0 atom stereocenters. The van der Waals surface area contributed by atoms with Crippen LogP contribution < -0.4 is 4.90 Å². The number of hydrogen-bond donors (Lipinski definition) is 0. The van der Waals surface area contributed by atoms with Crippen molar-refractivity contribution in [3.63, 3.8) is 0 Å². The van der Waals surface area contributed by atoms with Crippen molar-refractivity contribution in [1.29, 1.82) is 0 Å². The molecule has 0 saturated heterocycles. The van der Waals surface area contributed by atoms with E-state index in [9.17, 15) is 0 Å². The van der Waals surface area contributed by atoms with Crippen molar-refractivity contribution in [2.24, 2.45) is 0 Å². The van der Waals surface area contributed by atoms with Crippen LogP contribution in [0.1, 0.15) is 0 Å². The second-order valence-corrected chi connectivity index (χ2v) is 12.1. The molecule has 7 aromatic carbocycles. The summed E-state index contributed by atoms with van der Waals surface area (Å²) < 4.78 is 5.02. The maximum Gasteiger partial charge on any atom is 0.0547 e. The van der Waals surface area contributed by atoms with Crippen molar-refractivity contribution in [3.8, 4) is 5.69 Å². The molecule has 0 spiro atoms. The average molecular weight is 567 g/mol. The van der Waals surface area contributed by atoms with Crippen LogP contribution in [0.5, 0.6) is 0 Å². The van der Waals surface area contributed by atoms with Gasteiger partial charge < -0.3 is 9.47 Å². The van der Waals surface area contributed by atoms with Crippen LogP contribution in [0.15, 0.2) is 158 Å². The minimum atomic E-state index is 1.13. The van der Waals surface area contributed by atoms with Gasteiger partial charge in [-0.05, 0) is 83.6 Å². The fourth-order valence-electron chi connectivity index (χ4n) is 6.56. The van der Waals surface area contributed by atoms with Crippen LogP contribution in [0, 0.1) is 0 Å². The molecule has 0 saturated carbocycles. The van der Waals surface area contributed by atoms with E-state index < -0.39 is 0 Å². The van der Waals surface area contributed by atoms with E-state index >= 15 is 0 Å². The average Bonchev–Trinajstić information content (AvgIpc) is 3.59. The molecule has 43 heavy (non-hydrogen) atoms. The fourth-order valence-corrected chi connectivity index (χ4v) is 7.70. The number of anilines is 3. The Balaban J connectivity index is 1.21. The normalized spacial score (nSPS) is 11.7. The summed E-state index contributed by atoms with van der Waals surface area (Å²) in [4.78, 5) is 2.35. The number of aromatic nitrogens is 1. The van der Waals surface area contributed by atoms with Crippen molar-refractivity contribution >= 4 is 81.1 Å². The van der Waals surface area contributed by atoms with Crippen LogP contribution in [0.4, 0.5) is 17.1 Å². The predicted molar refractivity (Wildman–Crippen MR) is 186 cm³/mol. The molecule has 202 valence electrons. The lowest BCUT2D eigenvalue weighted by atomic mass is 10.1.